The second-order valence-corrected chi connectivity index (χ2v) is 6.68. The molecule has 124 valence electrons. The number of hydrogen-bond acceptors (Lipinski definition) is 3. The maximum Gasteiger partial charge on any atom is 0.303 e. The molecular formula is C16H29NaO5. The third-order valence-electron chi connectivity index (χ3n) is 3.19. The van der Waals surface area contributed by atoms with E-state index in [1.54, 1.807) is 0 Å². The van der Waals surface area contributed by atoms with Crippen molar-refractivity contribution < 1.29 is 24.6 Å². The number of unbranched alkanes of at least 4 members (excludes halogenated alkanes) is 8. The average Bonchev–Trinajstić information content (AvgIpc) is 2.44. The topological polar surface area (TPSA) is 91.7 Å². The third-order valence-corrected chi connectivity index (χ3v) is 3.69. The molecule has 0 rings (SSSR count). The van der Waals surface area contributed by atoms with Crippen molar-refractivity contribution in [2.24, 2.45) is 0 Å². The van der Waals surface area contributed by atoms with Gasteiger partial charge in [0.15, 0.2) is 0 Å². The molecule has 22 heavy (non-hydrogen) atoms. The number of aliphatic carboxylic acids is 2. The van der Waals surface area contributed by atoms with Crippen LogP contribution in [-0.2, 0) is 14.4 Å². The number of carboxylic acid groups (broad SMARTS) is 2. The minimum atomic E-state index is -1.08. The molecule has 0 spiro atoms. The van der Waals surface area contributed by atoms with E-state index in [0.29, 0.717) is 3.03 Å². The number of carbonyl (C=O) groups excluding carboxylic acids is 1. The van der Waals surface area contributed by atoms with E-state index in [9.17, 15) is 14.4 Å². The summed E-state index contributed by atoms with van der Waals surface area (Å²) in [5, 5.41) is 15.8. The molecular weight excluding hydrogens is 295 g/mol. The monoisotopic (exact) mass is 324 g/mol. The summed E-state index contributed by atoms with van der Waals surface area (Å²) in [6.45, 7) is 2.26. The van der Waals surface area contributed by atoms with Crippen molar-refractivity contribution in [1.29, 1.82) is 0 Å². The average molecular weight is 324 g/mol. The van der Waals surface area contributed by atoms with Crippen LogP contribution in [0.3, 0.4) is 0 Å². The summed E-state index contributed by atoms with van der Waals surface area (Å²) in [6, 6.07) is 0. The van der Waals surface area contributed by atoms with Gasteiger partial charge in [0.05, 0.1) is 12.8 Å². The standard InChI is InChI=1S/C12H23O.C4H6O4.Na/c1-2-3-4-5-6-7-8-9-10-11-12-13;5-3(6)1-2-4(7)8;/h2-11H2,1H3;1-2H2,(H,5,6)(H,7,8);. The van der Waals surface area contributed by atoms with Gasteiger partial charge in [-0.2, -0.15) is 0 Å². The number of hydrogen-bond donors (Lipinski definition) is 2. The van der Waals surface area contributed by atoms with Crippen LogP contribution in [0, 0.1) is 0 Å². The summed E-state index contributed by atoms with van der Waals surface area (Å²) in [6.07, 6.45) is 12.3. The van der Waals surface area contributed by atoms with Gasteiger partial charge in [0.25, 0.3) is 0 Å². The van der Waals surface area contributed by atoms with Crippen LogP contribution in [0.2, 0.25) is 0 Å². The molecule has 5 nitrogen and oxygen atoms in total. The minimum Gasteiger partial charge on any atom is -0.481 e. The molecule has 0 heterocycles. The molecule has 0 aromatic carbocycles. The Bertz CT molecular complexity index is 291. The van der Waals surface area contributed by atoms with Crippen molar-refractivity contribution in [2.45, 2.75) is 84.0 Å². The van der Waals surface area contributed by atoms with Crippen LogP contribution in [0.15, 0.2) is 0 Å². The first-order valence-electron chi connectivity index (χ1n) is 8.33. The molecule has 0 atom stereocenters. The van der Waals surface area contributed by atoms with Gasteiger partial charge < -0.3 is 10.2 Å². The molecule has 0 unspecified atom stereocenters. The van der Waals surface area contributed by atoms with E-state index in [4.69, 9.17) is 10.2 Å². The van der Waals surface area contributed by atoms with E-state index in [2.05, 4.69) is 6.92 Å². The summed E-state index contributed by atoms with van der Waals surface area (Å²) < 4.78 is 0.480. The fourth-order valence-electron chi connectivity index (χ4n) is 1.90. The Balaban J connectivity index is 0. The molecule has 0 saturated heterocycles. The maximum absolute atomic E-state index is 10.7. The normalized spacial score (nSPS) is 9.77. The Kier molecular flexibility index (Phi) is 20.2. The van der Waals surface area contributed by atoms with Gasteiger partial charge in [0, 0.05) is 0 Å². The van der Waals surface area contributed by atoms with Crippen molar-refractivity contribution in [3.63, 3.8) is 0 Å². The Labute approximate surface area is 151 Å². The summed E-state index contributed by atoms with van der Waals surface area (Å²) >= 11 is 0.751. The van der Waals surface area contributed by atoms with Crippen LogP contribution in [0.1, 0.15) is 84.0 Å². The third kappa shape index (κ3) is 27.9. The number of carboxylic acids is 2. The Morgan fingerprint density at radius 1 is 0.682 bits per heavy atom. The number of rotatable bonds is 13. The second kappa shape index (κ2) is 18.7. The maximum atomic E-state index is 10.7. The van der Waals surface area contributed by atoms with Gasteiger partial charge in [-0.25, -0.2) is 0 Å². The summed E-state index contributed by atoms with van der Waals surface area (Å²) in [5.74, 6) is -2.15. The van der Waals surface area contributed by atoms with E-state index >= 15 is 0 Å². The fourth-order valence-corrected chi connectivity index (χ4v) is 2.25. The molecule has 0 saturated carbocycles. The molecule has 0 amide bonds. The van der Waals surface area contributed by atoms with Gasteiger partial charge in [-0.1, -0.05) is 0 Å². The largest absolute Gasteiger partial charge is 0.481 e. The smallest absolute Gasteiger partial charge is 0.303 e. The SMILES string of the molecule is CCCCCCCCCCC[C](=O)[Na].O=C(O)CCC(=O)O. The quantitative estimate of drug-likeness (QED) is 0.399. The zero-order valence-corrected chi connectivity index (χ0v) is 16.1. The Morgan fingerprint density at radius 3 is 1.36 bits per heavy atom. The van der Waals surface area contributed by atoms with Crippen LogP contribution < -0.4 is 0 Å². The molecule has 0 bridgehead atoms. The van der Waals surface area contributed by atoms with E-state index in [1.807, 2.05) is 0 Å². The Morgan fingerprint density at radius 2 is 1.05 bits per heavy atom. The zero-order chi connectivity index (χ0) is 17.2. The van der Waals surface area contributed by atoms with E-state index in [-0.39, 0.29) is 12.8 Å². The van der Waals surface area contributed by atoms with Gasteiger partial charge in [0.1, 0.15) is 0 Å². The fraction of sp³-hybridized carbons (Fsp3) is 0.812. The zero-order valence-electron chi connectivity index (χ0n) is 14.1. The predicted octanol–water partition coefficient (Wildman–Crippen LogP) is 3.54. The van der Waals surface area contributed by atoms with Crippen molar-refractivity contribution in [2.75, 3.05) is 0 Å². The van der Waals surface area contributed by atoms with Crippen LogP contribution in [0.25, 0.3) is 0 Å². The summed E-state index contributed by atoms with van der Waals surface area (Å²) in [4.78, 5) is 30.0. The van der Waals surface area contributed by atoms with E-state index in [0.717, 1.165) is 40.8 Å². The Hall–Kier alpha value is -0.390. The molecule has 2 N–H and O–H groups in total. The first-order chi connectivity index (χ1) is 10.4. The van der Waals surface area contributed by atoms with Crippen molar-refractivity contribution in [1.82, 2.24) is 0 Å². The summed E-state index contributed by atoms with van der Waals surface area (Å²) in [5.41, 5.74) is 0. The van der Waals surface area contributed by atoms with Crippen LogP contribution in [-0.4, -0.2) is 53.1 Å². The van der Waals surface area contributed by atoms with E-state index < -0.39 is 11.9 Å². The molecule has 0 radical (unpaired) electrons. The molecule has 0 aromatic rings. The molecule has 0 aliphatic rings. The van der Waals surface area contributed by atoms with Crippen molar-refractivity contribution in [3.8, 4) is 0 Å². The van der Waals surface area contributed by atoms with Gasteiger partial charge in [-0.05, 0) is 0 Å². The van der Waals surface area contributed by atoms with Crippen LogP contribution in [0.4, 0.5) is 0 Å². The minimum absolute atomic E-state index is 0.296. The van der Waals surface area contributed by atoms with E-state index in [1.165, 1.54) is 51.4 Å². The van der Waals surface area contributed by atoms with Crippen LogP contribution in [0.5, 0.6) is 0 Å². The summed E-state index contributed by atoms with van der Waals surface area (Å²) in [7, 11) is 0. The molecule has 0 fully saturated rings. The predicted molar refractivity (Wildman–Crippen MR) is 87.1 cm³/mol. The van der Waals surface area contributed by atoms with Crippen molar-refractivity contribution >= 4 is 42.9 Å². The first kappa shape index (κ1) is 23.9. The molecule has 6 heteroatoms. The van der Waals surface area contributed by atoms with Gasteiger partial charge >= 0.3 is 119 Å². The van der Waals surface area contributed by atoms with Crippen molar-refractivity contribution in [3.05, 3.63) is 0 Å². The van der Waals surface area contributed by atoms with Crippen LogP contribution >= 0.6 is 0 Å². The molecule has 0 aliphatic heterocycles. The van der Waals surface area contributed by atoms with Gasteiger partial charge in [-0.15, -0.1) is 0 Å². The van der Waals surface area contributed by atoms with Gasteiger partial charge in [-0.3, -0.25) is 9.59 Å². The van der Waals surface area contributed by atoms with Gasteiger partial charge in [0.2, 0.25) is 0 Å². The first-order valence-corrected chi connectivity index (χ1v) is 9.33. The molecule has 0 aliphatic carbocycles. The molecule has 0 aromatic heterocycles. The second-order valence-electron chi connectivity index (χ2n) is 5.57. The number of carbonyl (C=O) groups is 3.